The average molecular weight is 378 g/mol. The highest BCUT2D eigenvalue weighted by Crippen LogP contribution is 2.24. The van der Waals surface area contributed by atoms with Gasteiger partial charge in [0.05, 0.1) is 6.61 Å². The van der Waals surface area contributed by atoms with Crippen LogP contribution in [-0.2, 0) is 16.1 Å². The highest BCUT2D eigenvalue weighted by atomic mass is 16.5. The van der Waals surface area contributed by atoms with Crippen LogP contribution in [0.25, 0.3) is 0 Å². The van der Waals surface area contributed by atoms with E-state index in [4.69, 9.17) is 24.5 Å². The maximum absolute atomic E-state index is 9.10. The van der Waals surface area contributed by atoms with E-state index >= 15 is 0 Å². The first-order chi connectivity index (χ1) is 13.0. The summed E-state index contributed by atoms with van der Waals surface area (Å²) in [5.41, 5.74) is 1.40. The molecule has 0 amide bonds. The molecule has 0 radical (unpaired) electrons. The van der Waals surface area contributed by atoms with E-state index < -0.39 is 11.9 Å². The summed E-state index contributed by atoms with van der Waals surface area (Å²) < 4.78 is 5.50. The molecule has 27 heavy (non-hydrogen) atoms. The van der Waals surface area contributed by atoms with Crippen LogP contribution in [-0.4, -0.2) is 70.8 Å². The number of benzene rings is 1. The summed E-state index contributed by atoms with van der Waals surface area (Å²) in [5.74, 6) is -2.67. The van der Waals surface area contributed by atoms with Gasteiger partial charge < -0.3 is 14.9 Å². The normalized spacial score (nSPS) is 18.6. The van der Waals surface area contributed by atoms with Crippen LogP contribution in [0.1, 0.15) is 38.2 Å². The van der Waals surface area contributed by atoms with E-state index in [-0.39, 0.29) is 0 Å². The molecule has 0 unspecified atom stereocenters. The molecule has 1 saturated carbocycles. The van der Waals surface area contributed by atoms with Crippen LogP contribution < -0.4 is 4.74 Å². The minimum Gasteiger partial charge on any atom is -0.494 e. The van der Waals surface area contributed by atoms with Crippen LogP contribution in [0.3, 0.4) is 0 Å². The molecular formula is C20H30N2O5. The van der Waals surface area contributed by atoms with E-state index in [0.29, 0.717) is 0 Å². The summed E-state index contributed by atoms with van der Waals surface area (Å²) in [6, 6.07) is 9.47. The number of ether oxygens (including phenoxy) is 1. The Balaban J connectivity index is 0.000000380. The van der Waals surface area contributed by atoms with Crippen LogP contribution in [0, 0.1) is 0 Å². The smallest absolute Gasteiger partial charge is 0.414 e. The van der Waals surface area contributed by atoms with Crippen molar-refractivity contribution in [2.75, 3.05) is 32.8 Å². The van der Waals surface area contributed by atoms with E-state index in [9.17, 15) is 0 Å². The topological polar surface area (TPSA) is 90.3 Å². The Morgan fingerprint density at radius 3 is 2.04 bits per heavy atom. The molecule has 2 fully saturated rings. The number of carboxylic acid groups (broad SMARTS) is 2. The van der Waals surface area contributed by atoms with Crippen LogP contribution in [0.2, 0.25) is 0 Å². The second-order valence-electron chi connectivity index (χ2n) is 6.94. The summed E-state index contributed by atoms with van der Waals surface area (Å²) in [4.78, 5) is 23.5. The minimum absolute atomic E-state index is 0.739. The molecule has 1 heterocycles. The van der Waals surface area contributed by atoms with E-state index in [2.05, 4.69) is 34.1 Å². The Kier molecular flexibility index (Phi) is 8.54. The van der Waals surface area contributed by atoms with Crippen molar-refractivity contribution in [3.63, 3.8) is 0 Å². The molecule has 1 aliphatic heterocycles. The Morgan fingerprint density at radius 1 is 1.00 bits per heavy atom. The van der Waals surface area contributed by atoms with Gasteiger partial charge in [0.1, 0.15) is 5.75 Å². The number of hydrogen-bond donors (Lipinski definition) is 2. The summed E-state index contributed by atoms with van der Waals surface area (Å²) >= 11 is 0. The fourth-order valence-corrected chi connectivity index (χ4v) is 3.67. The van der Waals surface area contributed by atoms with E-state index in [1.807, 2.05) is 6.92 Å². The molecule has 7 nitrogen and oxygen atoms in total. The predicted octanol–water partition coefficient (Wildman–Crippen LogP) is 2.30. The highest BCUT2D eigenvalue weighted by molar-refractivity contribution is 6.27. The largest absolute Gasteiger partial charge is 0.494 e. The fraction of sp³-hybridized carbons (Fsp3) is 0.600. The molecule has 0 spiro atoms. The second-order valence-corrected chi connectivity index (χ2v) is 6.94. The Morgan fingerprint density at radius 2 is 1.56 bits per heavy atom. The Hall–Kier alpha value is -2.12. The van der Waals surface area contributed by atoms with Gasteiger partial charge >= 0.3 is 11.9 Å². The van der Waals surface area contributed by atoms with E-state index in [0.717, 1.165) is 24.9 Å². The lowest BCUT2D eigenvalue weighted by Gasteiger charge is -2.38. The molecule has 2 N–H and O–H groups in total. The summed E-state index contributed by atoms with van der Waals surface area (Å²) in [7, 11) is 0. The Labute approximate surface area is 160 Å². The van der Waals surface area contributed by atoms with Gasteiger partial charge in [-0.2, -0.15) is 0 Å². The molecule has 7 heteroatoms. The molecule has 1 aromatic rings. The second kappa shape index (κ2) is 10.9. The van der Waals surface area contributed by atoms with Gasteiger partial charge in [-0.1, -0.05) is 25.0 Å². The average Bonchev–Trinajstić information content (AvgIpc) is 3.19. The molecule has 2 aliphatic rings. The van der Waals surface area contributed by atoms with Gasteiger partial charge in [-0.15, -0.1) is 0 Å². The molecule has 1 aromatic carbocycles. The lowest BCUT2D eigenvalue weighted by molar-refractivity contribution is -0.159. The number of rotatable bonds is 5. The van der Waals surface area contributed by atoms with Crippen molar-refractivity contribution in [1.82, 2.24) is 9.80 Å². The summed E-state index contributed by atoms with van der Waals surface area (Å²) in [5, 5.41) is 14.8. The van der Waals surface area contributed by atoms with Crippen molar-refractivity contribution in [2.24, 2.45) is 0 Å². The number of aliphatic carboxylic acids is 2. The van der Waals surface area contributed by atoms with Gasteiger partial charge in [0.25, 0.3) is 0 Å². The molecular weight excluding hydrogens is 348 g/mol. The van der Waals surface area contributed by atoms with Gasteiger partial charge in [0.15, 0.2) is 0 Å². The lowest BCUT2D eigenvalue weighted by Crippen LogP contribution is -2.49. The van der Waals surface area contributed by atoms with Crippen molar-refractivity contribution in [3.8, 4) is 5.75 Å². The van der Waals surface area contributed by atoms with Crippen LogP contribution in [0.5, 0.6) is 5.75 Å². The zero-order valence-corrected chi connectivity index (χ0v) is 16.0. The zero-order chi connectivity index (χ0) is 19.6. The van der Waals surface area contributed by atoms with Crippen molar-refractivity contribution in [2.45, 2.75) is 45.2 Å². The minimum atomic E-state index is -1.82. The van der Waals surface area contributed by atoms with Crippen molar-refractivity contribution < 1.29 is 24.5 Å². The molecule has 150 valence electrons. The Bertz CT molecular complexity index is 579. The van der Waals surface area contributed by atoms with Gasteiger partial charge in [-0.25, -0.2) is 9.59 Å². The quantitative estimate of drug-likeness (QED) is 0.760. The summed E-state index contributed by atoms with van der Waals surface area (Å²) in [6.45, 7) is 8.77. The van der Waals surface area contributed by atoms with Crippen LogP contribution in [0.15, 0.2) is 24.3 Å². The van der Waals surface area contributed by atoms with Gasteiger partial charge in [-0.3, -0.25) is 9.80 Å². The van der Waals surface area contributed by atoms with Crippen LogP contribution >= 0.6 is 0 Å². The third kappa shape index (κ3) is 7.19. The number of carbonyl (C=O) groups is 2. The van der Waals surface area contributed by atoms with Crippen LogP contribution in [0.4, 0.5) is 0 Å². The zero-order valence-electron chi connectivity index (χ0n) is 16.0. The van der Waals surface area contributed by atoms with Gasteiger partial charge in [0.2, 0.25) is 0 Å². The number of hydrogen-bond acceptors (Lipinski definition) is 5. The molecule has 1 aliphatic carbocycles. The standard InChI is InChI=1S/C18H28N2O.C2H2O4/c1-2-21-18-9-7-16(8-10-18)15-19-11-13-20(14-12-19)17-5-3-4-6-17;3-1(4)2(5)6/h7-10,17H,2-6,11-15H2,1H3;(H,3,4)(H,5,6). The first-order valence-electron chi connectivity index (χ1n) is 9.64. The first kappa shape index (κ1) is 21.2. The number of piperazine rings is 1. The van der Waals surface area contributed by atoms with Crippen molar-refractivity contribution in [3.05, 3.63) is 29.8 Å². The molecule has 1 saturated heterocycles. The first-order valence-corrected chi connectivity index (χ1v) is 9.64. The lowest BCUT2D eigenvalue weighted by atomic mass is 10.1. The third-order valence-corrected chi connectivity index (χ3v) is 5.07. The maximum atomic E-state index is 9.10. The van der Waals surface area contributed by atoms with Crippen molar-refractivity contribution in [1.29, 1.82) is 0 Å². The molecule has 0 bridgehead atoms. The fourth-order valence-electron chi connectivity index (χ4n) is 3.67. The molecule has 3 rings (SSSR count). The predicted molar refractivity (Wildman–Crippen MR) is 102 cm³/mol. The SMILES string of the molecule is CCOc1ccc(CN2CCN(C3CCCC3)CC2)cc1.O=C(O)C(=O)O. The highest BCUT2D eigenvalue weighted by Gasteiger charge is 2.25. The van der Waals surface area contributed by atoms with E-state index in [1.54, 1.807) is 0 Å². The monoisotopic (exact) mass is 378 g/mol. The number of carboxylic acids is 2. The third-order valence-electron chi connectivity index (χ3n) is 5.07. The molecule has 0 aromatic heterocycles. The van der Waals surface area contributed by atoms with Gasteiger partial charge in [-0.05, 0) is 37.5 Å². The van der Waals surface area contributed by atoms with Gasteiger partial charge in [0, 0.05) is 38.8 Å². The number of nitrogens with zero attached hydrogens (tertiary/aromatic N) is 2. The van der Waals surface area contributed by atoms with E-state index in [1.165, 1.54) is 57.4 Å². The summed E-state index contributed by atoms with van der Waals surface area (Å²) in [6.07, 6.45) is 5.74. The maximum Gasteiger partial charge on any atom is 0.414 e. The molecule has 0 atom stereocenters. The van der Waals surface area contributed by atoms with Crippen molar-refractivity contribution >= 4 is 11.9 Å².